The van der Waals surface area contributed by atoms with E-state index in [0.717, 1.165) is 11.8 Å². The van der Waals surface area contributed by atoms with Crippen molar-refractivity contribution in [2.24, 2.45) is 29.6 Å². The van der Waals surface area contributed by atoms with Crippen LogP contribution in [-0.4, -0.2) is 34.0 Å². The van der Waals surface area contributed by atoms with Gasteiger partial charge in [0, 0.05) is 12.5 Å². The van der Waals surface area contributed by atoms with Gasteiger partial charge in [-0.2, -0.15) is 4.72 Å². The van der Waals surface area contributed by atoms with Crippen LogP contribution in [0.15, 0.2) is 23.1 Å². The SMILES string of the molecule is COc1ccc(OC)c(S(=O)(=O)NC(C)(C)C(=O)CC2C3CC4CC(C3)CC2C4)c1. The topological polar surface area (TPSA) is 81.7 Å². The van der Waals surface area contributed by atoms with Crippen molar-refractivity contribution in [1.82, 2.24) is 4.72 Å². The Labute approximate surface area is 179 Å². The number of nitrogens with one attached hydrogen (secondary N) is 1. The van der Waals surface area contributed by atoms with Gasteiger partial charge in [-0.05, 0) is 87.7 Å². The summed E-state index contributed by atoms with van der Waals surface area (Å²) in [7, 11) is -1.08. The molecule has 0 spiro atoms. The van der Waals surface area contributed by atoms with E-state index in [2.05, 4.69) is 4.72 Å². The number of sulfonamides is 1. The highest BCUT2D eigenvalue weighted by Gasteiger charge is 2.49. The highest BCUT2D eigenvalue weighted by molar-refractivity contribution is 7.89. The molecule has 1 aromatic carbocycles. The number of carbonyl (C=O) groups is 1. The van der Waals surface area contributed by atoms with Crippen molar-refractivity contribution in [3.8, 4) is 11.5 Å². The van der Waals surface area contributed by atoms with E-state index in [1.54, 1.807) is 26.0 Å². The molecule has 0 aliphatic heterocycles. The van der Waals surface area contributed by atoms with Crippen molar-refractivity contribution in [3.05, 3.63) is 18.2 Å². The normalized spacial score (nSPS) is 30.3. The maximum absolute atomic E-state index is 13.3. The summed E-state index contributed by atoms with van der Waals surface area (Å²) in [6.45, 7) is 3.32. The zero-order valence-electron chi connectivity index (χ0n) is 18.3. The molecule has 166 valence electrons. The number of Topliss-reactive ketones (excluding diaryl/α,β-unsaturated/α-hetero) is 1. The van der Waals surface area contributed by atoms with Gasteiger partial charge in [0.1, 0.15) is 16.4 Å². The standard InChI is InChI=1S/C23H33NO5S/c1-23(2,24-30(26,27)21-12-18(28-3)5-6-20(21)29-4)22(25)13-19-16-8-14-7-15(10-16)11-17(19)9-14/h5-6,12,14-17,19,24H,7-11,13H2,1-4H3. The molecule has 5 rings (SSSR count). The summed E-state index contributed by atoms with van der Waals surface area (Å²) in [6.07, 6.45) is 6.83. The van der Waals surface area contributed by atoms with Crippen LogP contribution in [-0.2, 0) is 14.8 Å². The predicted molar refractivity (Wildman–Crippen MR) is 114 cm³/mol. The quantitative estimate of drug-likeness (QED) is 0.672. The molecule has 7 heteroatoms. The van der Waals surface area contributed by atoms with Crippen LogP contribution >= 0.6 is 0 Å². The molecule has 4 saturated carbocycles. The molecule has 6 nitrogen and oxygen atoms in total. The highest BCUT2D eigenvalue weighted by Crippen LogP contribution is 2.57. The van der Waals surface area contributed by atoms with E-state index in [-0.39, 0.29) is 16.4 Å². The lowest BCUT2D eigenvalue weighted by Crippen LogP contribution is -2.52. The summed E-state index contributed by atoms with van der Waals surface area (Å²) >= 11 is 0. The van der Waals surface area contributed by atoms with E-state index in [1.165, 1.54) is 52.4 Å². The summed E-state index contributed by atoms with van der Waals surface area (Å²) in [5.41, 5.74) is -1.19. The van der Waals surface area contributed by atoms with Crippen LogP contribution < -0.4 is 14.2 Å². The smallest absolute Gasteiger partial charge is 0.245 e. The number of ether oxygens (including phenoxy) is 2. The Balaban J connectivity index is 1.50. The van der Waals surface area contributed by atoms with E-state index in [0.29, 0.717) is 29.9 Å². The Hall–Kier alpha value is -1.60. The minimum atomic E-state index is -3.98. The average Bonchev–Trinajstić information content (AvgIpc) is 2.68. The molecule has 0 heterocycles. The van der Waals surface area contributed by atoms with E-state index in [9.17, 15) is 13.2 Å². The van der Waals surface area contributed by atoms with Gasteiger partial charge in [-0.15, -0.1) is 0 Å². The van der Waals surface area contributed by atoms with Crippen LogP contribution in [0.2, 0.25) is 0 Å². The van der Waals surface area contributed by atoms with Gasteiger partial charge >= 0.3 is 0 Å². The van der Waals surface area contributed by atoms with E-state index >= 15 is 0 Å². The van der Waals surface area contributed by atoms with Gasteiger partial charge in [-0.3, -0.25) is 4.79 Å². The van der Waals surface area contributed by atoms with Crippen LogP contribution in [0.1, 0.15) is 52.4 Å². The van der Waals surface area contributed by atoms with Crippen LogP contribution in [0.3, 0.4) is 0 Å². The molecule has 4 fully saturated rings. The van der Waals surface area contributed by atoms with E-state index in [1.807, 2.05) is 0 Å². The maximum Gasteiger partial charge on any atom is 0.245 e. The third-order valence-corrected chi connectivity index (χ3v) is 9.27. The van der Waals surface area contributed by atoms with Crippen molar-refractivity contribution in [1.29, 1.82) is 0 Å². The summed E-state index contributed by atoms with van der Waals surface area (Å²) in [6, 6.07) is 4.61. The Morgan fingerprint density at radius 2 is 1.63 bits per heavy atom. The van der Waals surface area contributed by atoms with Crippen LogP contribution in [0.4, 0.5) is 0 Å². The van der Waals surface area contributed by atoms with Gasteiger partial charge in [0.2, 0.25) is 10.0 Å². The fraction of sp³-hybridized carbons (Fsp3) is 0.696. The zero-order valence-corrected chi connectivity index (χ0v) is 19.1. The molecule has 1 N–H and O–H groups in total. The molecule has 0 saturated heterocycles. The second-order valence-corrected chi connectivity index (χ2v) is 11.6. The zero-order chi connectivity index (χ0) is 21.7. The summed E-state index contributed by atoms with van der Waals surface area (Å²) < 4.78 is 39.3. The highest BCUT2D eigenvalue weighted by atomic mass is 32.2. The van der Waals surface area contributed by atoms with Gasteiger partial charge in [0.25, 0.3) is 0 Å². The Bertz CT molecular complexity index is 896. The van der Waals surface area contributed by atoms with Gasteiger partial charge in [0.15, 0.2) is 5.78 Å². The molecule has 0 radical (unpaired) electrons. The van der Waals surface area contributed by atoms with Crippen molar-refractivity contribution >= 4 is 15.8 Å². The average molecular weight is 436 g/mol. The molecular formula is C23H33NO5S. The van der Waals surface area contributed by atoms with Crippen molar-refractivity contribution in [2.75, 3.05) is 14.2 Å². The molecule has 0 unspecified atom stereocenters. The van der Waals surface area contributed by atoms with Gasteiger partial charge in [-0.25, -0.2) is 8.42 Å². The van der Waals surface area contributed by atoms with E-state index in [4.69, 9.17) is 9.47 Å². The summed E-state index contributed by atoms with van der Waals surface area (Å²) in [5.74, 6) is 3.97. The molecule has 4 aliphatic rings. The molecule has 0 atom stereocenters. The molecule has 4 aliphatic carbocycles. The largest absolute Gasteiger partial charge is 0.497 e. The summed E-state index contributed by atoms with van der Waals surface area (Å²) in [5, 5.41) is 0. The minimum absolute atomic E-state index is 0.0279. The second-order valence-electron chi connectivity index (χ2n) is 9.97. The Kier molecular flexibility index (Phi) is 5.64. The number of hydrogen-bond acceptors (Lipinski definition) is 5. The third-order valence-electron chi connectivity index (χ3n) is 7.59. The maximum atomic E-state index is 13.3. The first kappa shape index (κ1) is 21.6. The van der Waals surface area contributed by atoms with Gasteiger partial charge in [-0.1, -0.05) is 0 Å². The minimum Gasteiger partial charge on any atom is -0.497 e. The van der Waals surface area contributed by atoms with Crippen molar-refractivity contribution in [2.45, 2.75) is 62.8 Å². The number of benzene rings is 1. The number of hydrogen-bond donors (Lipinski definition) is 1. The Morgan fingerprint density at radius 3 is 2.17 bits per heavy atom. The monoisotopic (exact) mass is 435 g/mol. The number of rotatable bonds is 8. The number of methoxy groups -OCH3 is 2. The fourth-order valence-electron chi connectivity index (χ4n) is 6.28. The van der Waals surface area contributed by atoms with Crippen LogP contribution in [0.5, 0.6) is 11.5 Å². The molecule has 0 aromatic heterocycles. The first-order valence-corrected chi connectivity index (χ1v) is 12.4. The number of ketones is 1. The number of carbonyl (C=O) groups excluding carboxylic acids is 1. The second kappa shape index (κ2) is 7.83. The van der Waals surface area contributed by atoms with Crippen molar-refractivity contribution < 1.29 is 22.7 Å². The molecule has 4 bridgehead atoms. The van der Waals surface area contributed by atoms with Crippen LogP contribution in [0.25, 0.3) is 0 Å². The molecule has 1 aromatic rings. The first-order chi connectivity index (χ1) is 14.1. The van der Waals surface area contributed by atoms with E-state index < -0.39 is 15.6 Å². The first-order valence-electron chi connectivity index (χ1n) is 10.9. The Morgan fingerprint density at radius 1 is 1.03 bits per heavy atom. The van der Waals surface area contributed by atoms with Crippen LogP contribution in [0, 0.1) is 29.6 Å². The van der Waals surface area contributed by atoms with Crippen molar-refractivity contribution in [3.63, 3.8) is 0 Å². The lowest BCUT2D eigenvalue weighted by atomic mass is 9.51. The van der Waals surface area contributed by atoms with Gasteiger partial charge < -0.3 is 9.47 Å². The lowest BCUT2D eigenvalue weighted by Gasteiger charge is -2.54. The van der Waals surface area contributed by atoms with Gasteiger partial charge in [0.05, 0.1) is 19.8 Å². The predicted octanol–water partition coefficient (Wildman–Crippen LogP) is 3.79. The third kappa shape index (κ3) is 3.98. The molecule has 0 amide bonds. The molecule has 30 heavy (non-hydrogen) atoms. The molecular weight excluding hydrogens is 402 g/mol. The lowest BCUT2D eigenvalue weighted by molar-refractivity contribution is -0.128. The fourth-order valence-corrected chi connectivity index (χ4v) is 7.87. The summed E-state index contributed by atoms with van der Waals surface area (Å²) in [4.78, 5) is 13.2.